The van der Waals surface area contributed by atoms with Gasteiger partial charge in [0.1, 0.15) is 5.75 Å². The average Bonchev–Trinajstić information content (AvgIpc) is 2.19. The van der Waals surface area contributed by atoms with Crippen LogP contribution < -0.4 is 5.32 Å². The number of phenolic OH excluding ortho intramolecular Hbond substituents is 1. The van der Waals surface area contributed by atoms with Crippen molar-refractivity contribution >= 4 is 11.6 Å². The molecule has 4 heteroatoms. The molecule has 0 aliphatic carbocycles. The molecule has 0 aliphatic heterocycles. The van der Waals surface area contributed by atoms with Gasteiger partial charge in [0, 0.05) is 29.3 Å². The number of aliphatic hydroxyl groups excluding tert-OH is 1. The third-order valence-electron chi connectivity index (χ3n) is 2.54. The molecule has 0 bridgehead atoms. The van der Waals surface area contributed by atoms with Crippen LogP contribution in [0.2, 0.25) is 5.02 Å². The van der Waals surface area contributed by atoms with Crippen molar-refractivity contribution in [1.29, 1.82) is 0 Å². The Morgan fingerprint density at radius 1 is 1.38 bits per heavy atom. The van der Waals surface area contributed by atoms with Gasteiger partial charge in [-0.15, -0.1) is 0 Å². The summed E-state index contributed by atoms with van der Waals surface area (Å²) in [5.41, 5.74) is 0.599. The van der Waals surface area contributed by atoms with E-state index < -0.39 is 0 Å². The smallest absolute Gasteiger partial charge is 0.120 e. The Balaban J connectivity index is 2.63. The summed E-state index contributed by atoms with van der Waals surface area (Å²) in [6.45, 7) is 4.68. The summed E-state index contributed by atoms with van der Waals surface area (Å²) in [6.07, 6.45) is 0.661. The summed E-state index contributed by atoms with van der Waals surface area (Å²) in [4.78, 5) is 0. The maximum absolute atomic E-state index is 9.61. The van der Waals surface area contributed by atoms with E-state index in [-0.39, 0.29) is 17.9 Å². The number of rotatable bonds is 5. The Bertz CT molecular complexity index is 353. The SMILES string of the molecule is CC(C)(CCO)NCc1cc(Cl)ccc1O. The number of halogens is 1. The van der Waals surface area contributed by atoms with Gasteiger partial charge in [0.25, 0.3) is 0 Å². The van der Waals surface area contributed by atoms with Gasteiger partial charge in [-0.05, 0) is 38.5 Å². The van der Waals surface area contributed by atoms with Crippen molar-refractivity contribution < 1.29 is 10.2 Å². The lowest BCUT2D eigenvalue weighted by atomic mass is 10.0. The minimum atomic E-state index is -0.163. The fourth-order valence-electron chi connectivity index (χ4n) is 1.40. The first kappa shape index (κ1) is 13.3. The van der Waals surface area contributed by atoms with E-state index in [0.717, 1.165) is 5.56 Å². The predicted octanol–water partition coefficient (Wildman–Crippen LogP) is 2.30. The van der Waals surface area contributed by atoms with E-state index in [1.54, 1.807) is 18.2 Å². The van der Waals surface area contributed by atoms with Crippen LogP contribution in [0.1, 0.15) is 25.8 Å². The molecule has 3 nitrogen and oxygen atoms in total. The van der Waals surface area contributed by atoms with E-state index in [0.29, 0.717) is 18.0 Å². The van der Waals surface area contributed by atoms with Crippen LogP contribution >= 0.6 is 11.6 Å². The van der Waals surface area contributed by atoms with Crippen molar-refractivity contribution in [3.8, 4) is 5.75 Å². The molecule has 0 aliphatic rings. The second-order valence-electron chi connectivity index (χ2n) is 4.48. The number of nitrogens with one attached hydrogen (secondary N) is 1. The molecule has 3 N–H and O–H groups in total. The normalized spacial score (nSPS) is 11.8. The molecule has 1 aromatic carbocycles. The van der Waals surface area contributed by atoms with Gasteiger partial charge in [-0.1, -0.05) is 11.6 Å². The fourth-order valence-corrected chi connectivity index (χ4v) is 1.59. The van der Waals surface area contributed by atoms with Crippen molar-refractivity contribution in [3.05, 3.63) is 28.8 Å². The van der Waals surface area contributed by atoms with Crippen LogP contribution in [0, 0.1) is 0 Å². The first-order valence-corrected chi connectivity index (χ1v) is 5.66. The first-order valence-electron chi connectivity index (χ1n) is 5.28. The van der Waals surface area contributed by atoms with Crippen LogP contribution in [0.5, 0.6) is 5.75 Å². The number of aromatic hydroxyl groups is 1. The number of hydrogen-bond acceptors (Lipinski definition) is 3. The van der Waals surface area contributed by atoms with Crippen LogP contribution in [0.15, 0.2) is 18.2 Å². The van der Waals surface area contributed by atoms with Gasteiger partial charge in [0.2, 0.25) is 0 Å². The molecule has 16 heavy (non-hydrogen) atoms. The number of phenols is 1. The zero-order chi connectivity index (χ0) is 12.2. The van der Waals surface area contributed by atoms with Crippen LogP contribution in [-0.4, -0.2) is 22.4 Å². The maximum Gasteiger partial charge on any atom is 0.120 e. The van der Waals surface area contributed by atoms with E-state index in [1.807, 2.05) is 13.8 Å². The molecule has 0 unspecified atom stereocenters. The highest BCUT2D eigenvalue weighted by atomic mass is 35.5. The summed E-state index contributed by atoms with van der Waals surface area (Å²) in [5.74, 6) is 0.233. The Labute approximate surface area is 101 Å². The van der Waals surface area contributed by atoms with Crippen LogP contribution in [0.3, 0.4) is 0 Å². The lowest BCUT2D eigenvalue weighted by Crippen LogP contribution is -2.39. The third kappa shape index (κ3) is 4.00. The molecule has 0 aromatic heterocycles. The van der Waals surface area contributed by atoms with Crippen LogP contribution in [0.4, 0.5) is 0 Å². The van der Waals surface area contributed by atoms with E-state index in [4.69, 9.17) is 16.7 Å². The van der Waals surface area contributed by atoms with E-state index >= 15 is 0 Å². The standard InChI is InChI=1S/C12H18ClNO2/c1-12(2,5-6-15)14-8-9-7-10(13)3-4-11(9)16/h3-4,7,14-16H,5-6,8H2,1-2H3. The molecule has 0 heterocycles. The zero-order valence-electron chi connectivity index (χ0n) is 9.63. The zero-order valence-corrected chi connectivity index (χ0v) is 10.4. The van der Waals surface area contributed by atoms with E-state index in [2.05, 4.69) is 5.32 Å². The summed E-state index contributed by atoms with van der Waals surface area (Å²) < 4.78 is 0. The van der Waals surface area contributed by atoms with Gasteiger partial charge >= 0.3 is 0 Å². The minimum Gasteiger partial charge on any atom is -0.508 e. The largest absolute Gasteiger partial charge is 0.508 e. The highest BCUT2D eigenvalue weighted by molar-refractivity contribution is 6.30. The lowest BCUT2D eigenvalue weighted by molar-refractivity contribution is 0.229. The van der Waals surface area contributed by atoms with Gasteiger partial charge in [-0.2, -0.15) is 0 Å². The molecular weight excluding hydrogens is 226 g/mol. The fraction of sp³-hybridized carbons (Fsp3) is 0.500. The Morgan fingerprint density at radius 2 is 2.06 bits per heavy atom. The van der Waals surface area contributed by atoms with Crippen molar-refractivity contribution in [1.82, 2.24) is 5.32 Å². The number of benzene rings is 1. The monoisotopic (exact) mass is 243 g/mol. The molecule has 0 saturated heterocycles. The van der Waals surface area contributed by atoms with Gasteiger partial charge < -0.3 is 15.5 Å². The average molecular weight is 244 g/mol. The van der Waals surface area contributed by atoms with Gasteiger partial charge in [0.05, 0.1) is 0 Å². The molecule has 0 spiro atoms. The second kappa shape index (κ2) is 5.53. The molecule has 0 saturated carbocycles. The Kier molecular flexibility index (Phi) is 4.59. The molecule has 0 amide bonds. The minimum absolute atomic E-state index is 0.140. The van der Waals surface area contributed by atoms with Gasteiger partial charge in [-0.25, -0.2) is 0 Å². The Hall–Kier alpha value is -0.770. The van der Waals surface area contributed by atoms with Crippen molar-refractivity contribution in [2.45, 2.75) is 32.4 Å². The van der Waals surface area contributed by atoms with Gasteiger partial charge in [-0.3, -0.25) is 0 Å². The number of hydrogen-bond donors (Lipinski definition) is 3. The van der Waals surface area contributed by atoms with E-state index in [9.17, 15) is 5.11 Å². The van der Waals surface area contributed by atoms with Crippen molar-refractivity contribution in [2.24, 2.45) is 0 Å². The van der Waals surface area contributed by atoms with E-state index in [1.165, 1.54) is 0 Å². The molecule has 0 radical (unpaired) electrons. The summed E-state index contributed by atoms with van der Waals surface area (Å²) in [5, 5.41) is 22.4. The summed E-state index contributed by atoms with van der Waals surface area (Å²) in [6, 6.07) is 4.97. The second-order valence-corrected chi connectivity index (χ2v) is 4.92. The maximum atomic E-state index is 9.61. The molecule has 90 valence electrons. The number of aliphatic hydroxyl groups is 1. The summed E-state index contributed by atoms with van der Waals surface area (Å²) >= 11 is 5.85. The molecule has 0 fully saturated rings. The Morgan fingerprint density at radius 3 is 2.69 bits per heavy atom. The molecule has 1 aromatic rings. The summed E-state index contributed by atoms with van der Waals surface area (Å²) in [7, 11) is 0. The topological polar surface area (TPSA) is 52.5 Å². The highest BCUT2D eigenvalue weighted by Crippen LogP contribution is 2.22. The molecule has 1 rings (SSSR count). The lowest BCUT2D eigenvalue weighted by Gasteiger charge is -2.25. The van der Waals surface area contributed by atoms with Crippen LogP contribution in [-0.2, 0) is 6.54 Å². The highest BCUT2D eigenvalue weighted by Gasteiger charge is 2.16. The molecular formula is C12H18ClNO2. The predicted molar refractivity (Wildman–Crippen MR) is 65.7 cm³/mol. The van der Waals surface area contributed by atoms with Crippen LogP contribution in [0.25, 0.3) is 0 Å². The first-order chi connectivity index (χ1) is 7.44. The molecule has 0 atom stereocenters. The van der Waals surface area contributed by atoms with Crippen molar-refractivity contribution in [3.63, 3.8) is 0 Å². The van der Waals surface area contributed by atoms with Crippen molar-refractivity contribution in [2.75, 3.05) is 6.61 Å². The van der Waals surface area contributed by atoms with Gasteiger partial charge in [0.15, 0.2) is 0 Å². The quantitative estimate of drug-likeness (QED) is 0.744. The third-order valence-corrected chi connectivity index (χ3v) is 2.77.